The van der Waals surface area contributed by atoms with E-state index < -0.39 is 36.0 Å². The number of halogens is 3. The highest BCUT2D eigenvalue weighted by molar-refractivity contribution is 5.87. The first-order valence-electron chi connectivity index (χ1n) is 7.54. The number of alkyl halides is 3. The highest BCUT2D eigenvalue weighted by Crippen LogP contribution is 2.40. The molecule has 1 rings (SSSR count). The Hall–Kier alpha value is -1.90. The lowest BCUT2D eigenvalue weighted by molar-refractivity contribution is -0.303. The fraction of sp³-hybridized carbons (Fsp3) is 0.471. The van der Waals surface area contributed by atoms with Gasteiger partial charge in [0, 0.05) is 0 Å². The lowest BCUT2D eigenvalue weighted by atomic mass is 9.93. The van der Waals surface area contributed by atoms with E-state index in [9.17, 15) is 18.0 Å². The van der Waals surface area contributed by atoms with Crippen molar-refractivity contribution in [2.75, 3.05) is 0 Å². The van der Waals surface area contributed by atoms with Crippen LogP contribution < -0.4 is 11.3 Å². The molecule has 1 aromatic rings. The summed E-state index contributed by atoms with van der Waals surface area (Å²) < 4.78 is 52.4. The Kier molecular flexibility index (Phi) is 6.75. The summed E-state index contributed by atoms with van der Waals surface area (Å²) in [6.45, 7) is 7.58. The van der Waals surface area contributed by atoms with Crippen LogP contribution in [-0.2, 0) is 20.9 Å². The van der Waals surface area contributed by atoms with Gasteiger partial charge in [0.1, 0.15) is 6.10 Å². The monoisotopic (exact) mass is 360 g/mol. The Morgan fingerprint density at radius 1 is 1.28 bits per heavy atom. The van der Waals surface area contributed by atoms with E-state index in [0.717, 1.165) is 6.08 Å². The van der Waals surface area contributed by atoms with Gasteiger partial charge in [-0.2, -0.15) is 13.2 Å². The van der Waals surface area contributed by atoms with E-state index in [4.69, 9.17) is 15.3 Å². The van der Waals surface area contributed by atoms with E-state index in [1.54, 1.807) is 51.1 Å². The molecule has 0 aliphatic rings. The third-order valence-corrected chi connectivity index (χ3v) is 3.29. The maximum absolute atomic E-state index is 14.0. The molecule has 1 amide bonds. The molecule has 0 saturated carbocycles. The van der Waals surface area contributed by atoms with Crippen molar-refractivity contribution < 1.29 is 27.4 Å². The average molecular weight is 360 g/mol. The molecular formula is C17H23F3N2O3. The molecule has 2 unspecified atom stereocenters. The van der Waals surface area contributed by atoms with Gasteiger partial charge in [-0.1, -0.05) is 36.4 Å². The second-order valence-corrected chi connectivity index (χ2v) is 6.37. The summed E-state index contributed by atoms with van der Waals surface area (Å²) in [5.74, 6) is 3.45. The Morgan fingerprint density at radius 2 is 1.84 bits per heavy atom. The summed E-state index contributed by atoms with van der Waals surface area (Å²) in [5.41, 5.74) is -2.33. The minimum atomic E-state index is -5.10. The zero-order chi connectivity index (χ0) is 19.3. The lowest BCUT2D eigenvalue weighted by Gasteiger charge is -2.40. The standard InChI is InChI=1S/C17H23F3N2O3/c1-5-13(25-15(2,3)4)16(14(23)22-21,17(18,19)20)24-11-12-9-7-6-8-10-12/h5-10,13H,1,11,21H2,2-4H3,(H,22,23). The largest absolute Gasteiger partial charge is 0.429 e. The molecule has 0 saturated heterocycles. The predicted octanol–water partition coefficient (Wildman–Crippen LogP) is 2.86. The van der Waals surface area contributed by atoms with Crippen molar-refractivity contribution in [1.82, 2.24) is 5.43 Å². The average Bonchev–Trinajstić information content (AvgIpc) is 2.52. The number of amides is 1. The Balaban J connectivity index is 3.35. The SMILES string of the molecule is C=CC(OC(C)(C)C)C(OCc1ccccc1)(C(=O)NN)C(F)(F)F. The molecule has 0 spiro atoms. The Labute approximate surface area is 145 Å². The van der Waals surface area contributed by atoms with Crippen molar-refractivity contribution in [2.45, 2.75) is 50.9 Å². The molecule has 2 atom stereocenters. The van der Waals surface area contributed by atoms with Gasteiger partial charge in [0.05, 0.1) is 12.2 Å². The summed E-state index contributed by atoms with van der Waals surface area (Å²) >= 11 is 0. The molecule has 0 aromatic heterocycles. The van der Waals surface area contributed by atoms with Gasteiger partial charge >= 0.3 is 6.18 Å². The van der Waals surface area contributed by atoms with Crippen LogP contribution in [0.4, 0.5) is 13.2 Å². The fourth-order valence-corrected chi connectivity index (χ4v) is 2.21. The Morgan fingerprint density at radius 3 is 2.24 bits per heavy atom. The Bertz CT molecular complexity index is 585. The zero-order valence-electron chi connectivity index (χ0n) is 14.4. The van der Waals surface area contributed by atoms with Crippen LogP contribution in [0.25, 0.3) is 0 Å². The second kappa shape index (κ2) is 7.99. The first-order valence-corrected chi connectivity index (χ1v) is 7.54. The summed E-state index contributed by atoms with van der Waals surface area (Å²) in [7, 11) is 0. The minimum absolute atomic E-state index is 0.458. The predicted molar refractivity (Wildman–Crippen MR) is 87.2 cm³/mol. The van der Waals surface area contributed by atoms with Crippen LogP contribution >= 0.6 is 0 Å². The first-order chi connectivity index (χ1) is 11.5. The number of ether oxygens (including phenoxy) is 2. The van der Waals surface area contributed by atoms with Crippen LogP contribution in [0.1, 0.15) is 26.3 Å². The van der Waals surface area contributed by atoms with Gasteiger partial charge in [-0.3, -0.25) is 10.2 Å². The van der Waals surface area contributed by atoms with Crippen molar-refractivity contribution in [1.29, 1.82) is 0 Å². The van der Waals surface area contributed by atoms with Crippen LogP contribution in [0.5, 0.6) is 0 Å². The number of rotatable bonds is 7. The van der Waals surface area contributed by atoms with Crippen LogP contribution in [0.2, 0.25) is 0 Å². The summed E-state index contributed by atoms with van der Waals surface area (Å²) in [6, 6.07) is 8.16. The van der Waals surface area contributed by atoms with Gasteiger partial charge in [-0.25, -0.2) is 5.84 Å². The molecule has 0 heterocycles. The molecule has 140 valence electrons. The molecule has 1 aromatic carbocycles. The molecule has 0 aliphatic heterocycles. The molecule has 3 N–H and O–H groups in total. The van der Waals surface area contributed by atoms with Gasteiger partial charge in [0.25, 0.3) is 11.5 Å². The quantitative estimate of drug-likeness (QED) is 0.339. The number of hydrazine groups is 1. The molecular weight excluding hydrogens is 337 g/mol. The number of carbonyl (C=O) groups is 1. The van der Waals surface area contributed by atoms with Crippen LogP contribution in [0.15, 0.2) is 43.0 Å². The van der Waals surface area contributed by atoms with E-state index >= 15 is 0 Å². The van der Waals surface area contributed by atoms with Crippen molar-refractivity contribution >= 4 is 5.91 Å². The van der Waals surface area contributed by atoms with Crippen molar-refractivity contribution in [3.8, 4) is 0 Å². The number of carbonyl (C=O) groups excluding carboxylic acids is 1. The molecule has 0 aliphatic carbocycles. The highest BCUT2D eigenvalue weighted by atomic mass is 19.4. The van der Waals surface area contributed by atoms with E-state index in [0.29, 0.717) is 5.56 Å². The number of nitrogens with one attached hydrogen (secondary N) is 1. The molecule has 0 fully saturated rings. The van der Waals surface area contributed by atoms with Crippen molar-refractivity contribution in [3.05, 3.63) is 48.6 Å². The van der Waals surface area contributed by atoms with Gasteiger partial charge in [0.2, 0.25) is 0 Å². The first kappa shape index (κ1) is 21.1. The third kappa shape index (κ3) is 5.04. The van der Waals surface area contributed by atoms with Crippen LogP contribution in [0, 0.1) is 0 Å². The second-order valence-electron chi connectivity index (χ2n) is 6.37. The van der Waals surface area contributed by atoms with Gasteiger partial charge < -0.3 is 9.47 Å². The molecule has 0 bridgehead atoms. The van der Waals surface area contributed by atoms with E-state index in [1.807, 2.05) is 0 Å². The zero-order valence-corrected chi connectivity index (χ0v) is 14.4. The van der Waals surface area contributed by atoms with E-state index in [-0.39, 0.29) is 0 Å². The summed E-state index contributed by atoms with van der Waals surface area (Å²) in [4.78, 5) is 12.2. The number of hydrogen-bond acceptors (Lipinski definition) is 4. The van der Waals surface area contributed by atoms with Gasteiger partial charge in [-0.15, -0.1) is 6.58 Å². The van der Waals surface area contributed by atoms with Gasteiger partial charge in [0.15, 0.2) is 0 Å². The molecule has 5 nitrogen and oxygen atoms in total. The van der Waals surface area contributed by atoms with Gasteiger partial charge in [-0.05, 0) is 26.3 Å². The summed E-state index contributed by atoms with van der Waals surface area (Å²) in [6.07, 6.45) is -6.02. The maximum Gasteiger partial charge on any atom is 0.429 e. The number of nitrogens with two attached hydrogens (primary N) is 1. The van der Waals surface area contributed by atoms with Crippen LogP contribution in [0.3, 0.4) is 0 Å². The molecule has 25 heavy (non-hydrogen) atoms. The van der Waals surface area contributed by atoms with Crippen molar-refractivity contribution in [2.24, 2.45) is 5.84 Å². The van der Waals surface area contributed by atoms with E-state index in [1.165, 1.54) is 5.43 Å². The topological polar surface area (TPSA) is 73.6 Å². The van der Waals surface area contributed by atoms with Crippen molar-refractivity contribution in [3.63, 3.8) is 0 Å². The number of hydrogen-bond donors (Lipinski definition) is 2. The smallest absolute Gasteiger partial charge is 0.365 e. The molecule has 0 radical (unpaired) electrons. The normalized spacial score (nSPS) is 16.0. The lowest BCUT2D eigenvalue weighted by Crippen LogP contribution is -2.67. The van der Waals surface area contributed by atoms with E-state index in [2.05, 4.69) is 6.58 Å². The number of benzene rings is 1. The fourth-order valence-electron chi connectivity index (χ4n) is 2.21. The third-order valence-electron chi connectivity index (χ3n) is 3.29. The van der Waals surface area contributed by atoms with Crippen LogP contribution in [-0.4, -0.2) is 29.4 Å². The maximum atomic E-state index is 14.0. The molecule has 8 heteroatoms. The summed E-state index contributed by atoms with van der Waals surface area (Å²) in [5, 5.41) is 0. The minimum Gasteiger partial charge on any atom is -0.365 e. The highest BCUT2D eigenvalue weighted by Gasteiger charge is 2.67.